The zero-order valence-electron chi connectivity index (χ0n) is 14.5. The number of hydrogen-bond acceptors (Lipinski definition) is 5. The molecule has 8 nitrogen and oxygen atoms in total. The van der Waals surface area contributed by atoms with E-state index in [-0.39, 0.29) is 5.91 Å². The lowest BCUT2D eigenvalue weighted by molar-refractivity contribution is -0.121. The van der Waals surface area contributed by atoms with Crippen molar-refractivity contribution < 1.29 is 4.79 Å². The van der Waals surface area contributed by atoms with Gasteiger partial charge in [-0.25, -0.2) is 9.50 Å². The molecule has 1 aliphatic carbocycles. The summed E-state index contributed by atoms with van der Waals surface area (Å²) in [6.07, 6.45) is 7.12. The van der Waals surface area contributed by atoms with Crippen LogP contribution in [0.1, 0.15) is 49.1 Å². The molecule has 2 aromatic rings. The van der Waals surface area contributed by atoms with Gasteiger partial charge in [-0.2, -0.15) is 10.1 Å². The SMILES string of the molecule is Cc1nc2ncnn2c(C)c1CCC(=O)NNC(=S)NC1CCCC1. The first-order valence-corrected chi connectivity index (χ1v) is 8.96. The smallest absolute Gasteiger partial charge is 0.252 e. The fourth-order valence-corrected chi connectivity index (χ4v) is 3.45. The van der Waals surface area contributed by atoms with Gasteiger partial charge in [0.1, 0.15) is 6.33 Å². The lowest BCUT2D eigenvalue weighted by Gasteiger charge is -2.16. The summed E-state index contributed by atoms with van der Waals surface area (Å²) in [5.74, 6) is 0.460. The summed E-state index contributed by atoms with van der Waals surface area (Å²) in [6, 6.07) is 0.419. The molecular formula is C16H23N7OS. The van der Waals surface area contributed by atoms with E-state index in [1.165, 1.54) is 19.2 Å². The van der Waals surface area contributed by atoms with E-state index in [2.05, 4.69) is 31.2 Å². The molecule has 0 radical (unpaired) electrons. The number of nitrogens with one attached hydrogen (secondary N) is 3. The third kappa shape index (κ3) is 4.22. The molecule has 0 spiro atoms. The van der Waals surface area contributed by atoms with Crippen LogP contribution in [0.2, 0.25) is 0 Å². The van der Waals surface area contributed by atoms with E-state index in [9.17, 15) is 4.79 Å². The van der Waals surface area contributed by atoms with Gasteiger partial charge in [-0.1, -0.05) is 12.8 Å². The molecular weight excluding hydrogens is 338 g/mol. The predicted octanol–water partition coefficient (Wildman–Crippen LogP) is 1.11. The lowest BCUT2D eigenvalue weighted by Crippen LogP contribution is -2.49. The number of aromatic nitrogens is 4. The van der Waals surface area contributed by atoms with Crippen molar-refractivity contribution in [3.8, 4) is 0 Å². The summed E-state index contributed by atoms with van der Waals surface area (Å²) in [5.41, 5.74) is 8.27. The van der Waals surface area contributed by atoms with E-state index in [4.69, 9.17) is 12.2 Å². The van der Waals surface area contributed by atoms with Crippen molar-refractivity contribution >= 4 is 29.0 Å². The first-order valence-electron chi connectivity index (χ1n) is 8.55. The van der Waals surface area contributed by atoms with Crippen LogP contribution in [-0.4, -0.2) is 36.6 Å². The van der Waals surface area contributed by atoms with Gasteiger partial charge in [0.2, 0.25) is 5.91 Å². The van der Waals surface area contributed by atoms with Crippen LogP contribution >= 0.6 is 12.2 Å². The van der Waals surface area contributed by atoms with Crippen LogP contribution in [0.15, 0.2) is 6.33 Å². The van der Waals surface area contributed by atoms with Gasteiger partial charge in [0.15, 0.2) is 5.11 Å². The van der Waals surface area contributed by atoms with E-state index < -0.39 is 0 Å². The summed E-state index contributed by atoms with van der Waals surface area (Å²) in [7, 11) is 0. The van der Waals surface area contributed by atoms with Crippen molar-refractivity contribution in [1.82, 2.24) is 35.8 Å². The molecule has 3 rings (SSSR count). The number of thiocarbonyl (C=S) groups is 1. The van der Waals surface area contributed by atoms with E-state index in [0.717, 1.165) is 29.8 Å². The molecule has 1 amide bonds. The lowest BCUT2D eigenvalue weighted by atomic mass is 10.1. The number of hydrazine groups is 1. The third-order valence-corrected chi connectivity index (χ3v) is 4.82. The van der Waals surface area contributed by atoms with Crippen LogP contribution in [0.5, 0.6) is 0 Å². The van der Waals surface area contributed by atoms with Crippen molar-refractivity contribution in [2.24, 2.45) is 0 Å². The van der Waals surface area contributed by atoms with Gasteiger partial charge in [0.25, 0.3) is 5.78 Å². The molecule has 0 bridgehead atoms. The average Bonchev–Trinajstić information content (AvgIpc) is 3.24. The summed E-state index contributed by atoms with van der Waals surface area (Å²) in [4.78, 5) is 20.6. The molecule has 25 heavy (non-hydrogen) atoms. The van der Waals surface area contributed by atoms with Crippen LogP contribution in [-0.2, 0) is 11.2 Å². The van der Waals surface area contributed by atoms with E-state index >= 15 is 0 Å². The fraction of sp³-hybridized carbons (Fsp3) is 0.562. The average molecular weight is 361 g/mol. The van der Waals surface area contributed by atoms with Gasteiger partial charge in [-0.05, 0) is 50.9 Å². The van der Waals surface area contributed by atoms with E-state index in [1.807, 2.05) is 13.8 Å². The monoisotopic (exact) mass is 361 g/mol. The van der Waals surface area contributed by atoms with Crippen molar-refractivity contribution in [2.45, 2.75) is 58.4 Å². The minimum absolute atomic E-state index is 0.118. The van der Waals surface area contributed by atoms with Crippen molar-refractivity contribution in [2.75, 3.05) is 0 Å². The maximum absolute atomic E-state index is 12.1. The maximum Gasteiger partial charge on any atom is 0.252 e. The quantitative estimate of drug-likeness (QED) is 0.554. The molecule has 2 aromatic heterocycles. The Morgan fingerprint density at radius 3 is 2.84 bits per heavy atom. The van der Waals surface area contributed by atoms with Gasteiger partial charge < -0.3 is 5.32 Å². The summed E-state index contributed by atoms with van der Waals surface area (Å²) in [5, 5.41) is 7.85. The molecule has 1 fully saturated rings. The Morgan fingerprint density at radius 2 is 2.08 bits per heavy atom. The minimum Gasteiger partial charge on any atom is -0.359 e. The van der Waals surface area contributed by atoms with E-state index in [1.54, 1.807) is 4.52 Å². The summed E-state index contributed by atoms with van der Waals surface area (Å²) >= 11 is 5.21. The largest absolute Gasteiger partial charge is 0.359 e. The van der Waals surface area contributed by atoms with Crippen molar-refractivity contribution in [1.29, 1.82) is 0 Å². The Bertz CT molecular complexity index is 782. The second kappa shape index (κ2) is 7.73. The maximum atomic E-state index is 12.1. The van der Waals surface area contributed by atoms with Gasteiger partial charge in [-0.3, -0.25) is 15.6 Å². The third-order valence-electron chi connectivity index (χ3n) is 4.60. The van der Waals surface area contributed by atoms with Crippen LogP contribution in [0.4, 0.5) is 0 Å². The normalized spacial score (nSPS) is 14.6. The zero-order valence-corrected chi connectivity index (χ0v) is 15.3. The number of amides is 1. The Hall–Kier alpha value is -2.29. The Morgan fingerprint density at radius 1 is 1.32 bits per heavy atom. The first kappa shape index (κ1) is 17.5. The first-order chi connectivity index (χ1) is 12.0. The van der Waals surface area contributed by atoms with Gasteiger partial charge in [-0.15, -0.1) is 0 Å². The molecule has 3 N–H and O–H groups in total. The molecule has 0 unspecified atom stereocenters. The predicted molar refractivity (Wildman–Crippen MR) is 97.8 cm³/mol. The van der Waals surface area contributed by atoms with Gasteiger partial charge in [0, 0.05) is 23.9 Å². The number of aryl methyl sites for hydroxylation is 2. The van der Waals surface area contributed by atoms with Crippen molar-refractivity contribution in [3.63, 3.8) is 0 Å². The second-order valence-electron chi connectivity index (χ2n) is 6.36. The number of carbonyl (C=O) groups excluding carboxylic acids is 1. The molecule has 134 valence electrons. The van der Waals surface area contributed by atoms with Gasteiger partial charge in [0.05, 0.1) is 0 Å². The number of carbonyl (C=O) groups is 1. The highest BCUT2D eigenvalue weighted by atomic mass is 32.1. The van der Waals surface area contributed by atoms with Crippen LogP contribution in [0.3, 0.4) is 0 Å². The number of fused-ring (bicyclic) bond motifs is 1. The molecule has 0 aliphatic heterocycles. The molecule has 0 saturated heterocycles. The molecule has 1 saturated carbocycles. The highest BCUT2D eigenvalue weighted by Crippen LogP contribution is 2.17. The van der Waals surface area contributed by atoms with Gasteiger partial charge >= 0.3 is 0 Å². The van der Waals surface area contributed by atoms with Crippen LogP contribution in [0.25, 0.3) is 5.78 Å². The standard InChI is InChI=1S/C16H23N7OS/c1-10-13(11(2)23-15(19-10)17-9-18-23)7-8-14(24)21-22-16(25)20-12-5-3-4-6-12/h9,12H,3-8H2,1-2H3,(H,21,24)(H2,20,22,25). The number of nitrogens with zero attached hydrogens (tertiary/aromatic N) is 4. The second-order valence-corrected chi connectivity index (χ2v) is 6.77. The molecule has 9 heteroatoms. The minimum atomic E-state index is -0.118. The zero-order chi connectivity index (χ0) is 17.8. The molecule has 0 aromatic carbocycles. The Balaban J connectivity index is 1.49. The Labute approximate surface area is 151 Å². The number of hydrogen-bond donors (Lipinski definition) is 3. The highest BCUT2D eigenvalue weighted by Gasteiger charge is 2.16. The van der Waals surface area contributed by atoms with Crippen LogP contribution < -0.4 is 16.2 Å². The summed E-state index contributed by atoms with van der Waals surface area (Å²) < 4.78 is 1.69. The van der Waals surface area contributed by atoms with E-state index in [0.29, 0.717) is 29.8 Å². The Kier molecular flexibility index (Phi) is 5.42. The highest BCUT2D eigenvalue weighted by molar-refractivity contribution is 7.80. The topological polar surface area (TPSA) is 96.2 Å². The molecule has 2 heterocycles. The summed E-state index contributed by atoms with van der Waals surface area (Å²) in [6.45, 7) is 3.89. The van der Waals surface area contributed by atoms with Crippen LogP contribution in [0, 0.1) is 13.8 Å². The van der Waals surface area contributed by atoms with Crippen molar-refractivity contribution in [3.05, 3.63) is 23.3 Å². The number of rotatable bonds is 4. The fourth-order valence-electron chi connectivity index (χ4n) is 3.24. The molecule has 1 aliphatic rings. The molecule has 0 atom stereocenters.